The quantitative estimate of drug-likeness (QED) is 0.669. The van der Waals surface area contributed by atoms with Gasteiger partial charge in [-0.1, -0.05) is 18.2 Å². The Morgan fingerprint density at radius 3 is 2.53 bits per heavy atom. The molecule has 1 aromatic heterocycles. The third-order valence-electron chi connectivity index (χ3n) is 6.86. The predicted octanol–water partition coefficient (Wildman–Crippen LogP) is 3.25. The zero-order valence-electron chi connectivity index (χ0n) is 18.0. The zero-order valence-corrected chi connectivity index (χ0v) is 18.9. The summed E-state index contributed by atoms with van der Waals surface area (Å²) in [7, 11) is -3.33. The first kappa shape index (κ1) is 21.8. The van der Waals surface area contributed by atoms with E-state index in [1.54, 1.807) is 4.57 Å². The molecule has 0 unspecified atom stereocenters. The lowest BCUT2D eigenvalue weighted by molar-refractivity contribution is -0.00356. The highest BCUT2D eigenvalue weighted by molar-refractivity contribution is 7.90. The van der Waals surface area contributed by atoms with Crippen molar-refractivity contribution in [3.63, 3.8) is 0 Å². The van der Waals surface area contributed by atoms with E-state index < -0.39 is 10.0 Å². The molecule has 1 aliphatic heterocycles. The van der Waals surface area contributed by atoms with Gasteiger partial charge >= 0.3 is 0 Å². The molecule has 0 radical (unpaired) electrons. The highest BCUT2D eigenvalue weighted by Gasteiger charge is 2.40. The van der Waals surface area contributed by atoms with Gasteiger partial charge in [-0.25, -0.2) is 13.1 Å². The summed E-state index contributed by atoms with van der Waals surface area (Å²) in [5.74, 6) is 0.633. The Morgan fingerprint density at radius 2 is 1.87 bits per heavy atom. The summed E-state index contributed by atoms with van der Waals surface area (Å²) in [6, 6.07) is 3.26. The normalized spacial score (nSPS) is 29.8. The second-order valence-corrected chi connectivity index (χ2v) is 11.1. The number of hydrogen-bond donors (Lipinski definition) is 1. The minimum atomic E-state index is -3.33. The molecule has 166 valence electrons. The van der Waals surface area contributed by atoms with Crippen molar-refractivity contribution in [3.8, 4) is 0 Å². The number of nitrogens with zero attached hydrogens (tertiary/aromatic N) is 1. The summed E-state index contributed by atoms with van der Waals surface area (Å²) in [4.78, 5) is 13.0. The van der Waals surface area contributed by atoms with Crippen molar-refractivity contribution in [3.05, 3.63) is 45.9 Å². The van der Waals surface area contributed by atoms with Crippen LogP contribution in [0.2, 0.25) is 0 Å². The van der Waals surface area contributed by atoms with Crippen molar-refractivity contribution in [1.82, 2.24) is 9.29 Å². The highest BCUT2D eigenvalue weighted by atomic mass is 32.2. The lowest BCUT2D eigenvalue weighted by atomic mass is 9.87. The molecule has 0 saturated heterocycles. The third kappa shape index (κ3) is 4.73. The molecule has 2 saturated carbocycles. The number of aromatic nitrogens is 1. The molecule has 1 aromatic rings. The van der Waals surface area contributed by atoms with Gasteiger partial charge in [-0.05, 0) is 77.2 Å². The van der Waals surface area contributed by atoms with Crippen LogP contribution in [0.25, 0.3) is 0 Å². The number of hydrogen-bond acceptors (Lipinski definition) is 4. The van der Waals surface area contributed by atoms with Gasteiger partial charge in [0, 0.05) is 17.3 Å². The van der Waals surface area contributed by atoms with Gasteiger partial charge in [0.15, 0.2) is 0 Å². The molecule has 0 bridgehead atoms. The fraction of sp³-hybridized carbons (Fsp3) is 0.696. The average molecular weight is 435 g/mol. The molecule has 6 nitrogen and oxygen atoms in total. The number of sulfonamides is 1. The first-order valence-electron chi connectivity index (χ1n) is 11.4. The molecule has 3 aliphatic rings. The van der Waals surface area contributed by atoms with Gasteiger partial charge < -0.3 is 9.30 Å². The standard InChI is InChI=1S/C23H34N2O4S/c1-3-4-17-6-10-19(11-7-17)29-15-22-21(24-30(27,28)20-12-13-20)14-9-18-8-5-16(2)23(26)25(18)22/h3-5,8,17,19-22,24H,6-7,9-15H2,1-2H3/b4-3-/t17?,19?,21-,22+/m0/s1. The fourth-order valence-electron chi connectivity index (χ4n) is 4.90. The van der Waals surface area contributed by atoms with E-state index in [0.29, 0.717) is 30.9 Å². The van der Waals surface area contributed by atoms with Crippen LogP contribution in [0.1, 0.15) is 69.2 Å². The lowest BCUT2D eigenvalue weighted by Gasteiger charge is -2.37. The molecule has 30 heavy (non-hydrogen) atoms. The number of nitrogens with one attached hydrogen (secondary N) is 1. The topological polar surface area (TPSA) is 77.4 Å². The smallest absolute Gasteiger partial charge is 0.254 e. The lowest BCUT2D eigenvalue weighted by Crippen LogP contribution is -2.50. The van der Waals surface area contributed by atoms with Gasteiger partial charge in [0.25, 0.3) is 5.56 Å². The molecule has 7 heteroatoms. The third-order valence-corrected chi connectivity index (χ3v) is 8.84. The summed E-state index contributed by atoms with van der Waals surface area (Å²) in [5, 5.41) is -0.267. The molecule has 2 fully saturated rings. The minimum Gasteiger partial charge on any atom is -0.376 e. The Hall–Kier alpha value is -1.44. The molecule has 2 atom stereocenters. The van der Waals surface area contributed by atoms with Crippen molar-refractivity contribution >= 4 is 10.0 Å². The fourth-order valence-corrected chi connectivity index (χ4v) is 6.55. The van der Waals surface area contributed by atoms with Crippen LogP contribution in [0, 0.1) is 12.8 Å². The van der Waals surface area contributed by atoms with E-state index >= 15 is 0 Å². The van der Waals surface area contributed by atoms with Crippen LogP contribution in [0.5, 0.6) is 0 Å². The molecular formula is C23H34N2O4S. The molecule has 2 heterocycles. The van der Waals surface area contributed by atoms with E-state index in [1.807, 2.05) is 19.1 Å². The van der Waals surface area contributed by atoms with Gasteiger partial charge in [0.2, 0.25) is 10.0 Å². The Balaban J connectivity index is 1.52. The maximum absolute atomic E-state index is 13.0. The molecule has 4 rings (SSSR count). The Bertz CT molecular complexity index is 940. The second-order valence-electron chi connectivity index (χ2n) is 9.15. The molecular weight excluding hydrogens is 400 g/mol. The van der Waals surface area contributed by atoms with Crippen molar-refractivity contribution in [2.24, 2.45) is 5.92 Å². The maximum atomic E-state index is 13.0. The number of pyridine rings is 1. The number of allylic oxidation sites excluding steroid dienone is 2. The second kappa shape index (κ2) is 8.97. The summed E-state index contributed by atoms with van der Waals surface area (Å²) in [6.07, 6.45) is 11.7. The van der Waals surface area contributed by atoms with Crippen LogP contribution >= 0.6 is 0 Å². The van der Waals surface area contributed by atoms with Gasteiger partial charge in [0.1, 0.15) is 0 Å². The van der Waals surface area contributed by atoms with E-state index in [9.17, 15) is 13.2 Å². The molecule has 2 aliphatic carbocycles. The predicted molar refractivity (Wildman–Crippen MR) is 118 cm³/mol. The first-order valence-corrected chi connectivity index (χ1v) is 12.9. The van der Waals surface area contributed by atoms with Crippen LogP contribution in [0.4, 0.5) is 0 Å². The van der Waals surface area contributed by atoms with Crippen molar-refractivity contribution in [2.45, 2.75) is 88.7 Å². The zero-order chi connectivity index (χ0) is 21.3. The van der Waals surface area contributed by atoms with Crippen molar-refractivity contribution in [1.29, 1.82) is 0 Å². The van der Waals surface area contributed by atoms with Crippen LogP contribution < -0.4 is 10.3 Å². The summed E-state index contributed by atoms with van der Waals surface area (Å²) in [5.41, 5.74) is 1.62. The average Bonchev–Trinajstić information content (AvgIpc) is 3.57. The van der Waals surface area contributed by atoms with E-state index in [4.69, 9.17) is 4.74 Å². The minimum absolute atomic E-state index is 0.0341. The van der Waals surface area contributed by atoms with Crippen molar-refractivity contribution < 1.29 is 13.2 Å². The van der Waals surface area contributed by atoms with Gasteiger partial charge in [-0.15, -0.1) is 0 Å². The van der Waals surface area contributed by atoms with Crippen LogP contribution in [0.3, 0.4) is 0 Å². The van der Waals surface area contributed by atoms with Crippen LogP contribution in [0.15, 0.2) is 29.1 Å². The SMILES string of the molecule is C/C=C\C1CCC(OC[C@@H]2[C@@H](NS(=O)(=O)C3CC3)CCc3ccc(C)c(=O)n32)CC1. The van der Waals surface area contributed by atoms with E-state index in [-0.39, 0.29) is 29.0 Å². The van der Waals surface area contributed by atoms with Gasteiger partial charge in [-0.2, -0.15) is 0 Å². The Morgan fingerprint density at radius 1 is 1.13 bits per heavy atom. The molecule has 1 N–H and O–H groups in total. The molecule has 0 aromatic carbocycles. The van der Waals surface area contributed by atoms with Crippen molar-refractivity contribution in [2.75, 3.05) is 6.61 Å². The first-order chi connectivity index (χ1) is 14.4. The molecule has 0 amide bonds. The monoisotopic (exact) mass is 434 g/mol. The Kier molecular flexibility index (Phi) is 6.51. The van der Waals surface area contributed by atoms with Gasteiger partial charge in [0.05, 0.1) is 24.0 Å². The molecule has 0 spiro atoms. The van der Waals surface area contributed by atoms with Gasteiger partial charge in [-0.3, -0.25) is 4.79 Å². The summed E-state index contributed by atoms with van der Waals surface area (Å²) in [6.45, 7) is 4.24. The number of ether oxygens (including phenoxy) is 1. The summed E-state index contributed by atoms with van der Waals surface area (Å²) < 4.78 is 36.3. The number of rotatable bonds is 7. The van der Waals surface area contributed by atoms with E-state index in [0.717, 1.165) is 44.2 Å². The maximum Gasteiger partial charge on any atom is 0.254 e. The highest BCUT2D eigenvalue weighted by Crippen LogP contribution is 2.32. The summed E-state index contributed by atoms with van der Waals surface area (Å²) >= 11 is 0. The van der Waals surface area contributed by atoms with Crippen LogP contribution in [-0.4, -0.2) is 37.0 Å². The number of aryl methyl sites for hydroxylation is 2. The Labute approximate surface area is 179 Å². The van der Waals surface area contributed by atoms with E-state index in [1.165, 1.54) is 0 Å². The van der Waals surface area contributed by atoms with E-state index in [2.05, 4.69) is 23.8 Å². The van der Waals surface area contributed by atoms with Crippen LogP contribution in [-0.2, 0) is 21.2 Å². The largest absolute Gasteiger partial charge is 0.376 e. The number of fused-ring (bicyclic) bond motifs is 1.